The standard InChI is InChI=1S/C15H30N2O3S/c1-13(20-2)12-21(18,19)16-11-15-9-6-10-17(15)14-7-4-3-5-8-14/h13-16H,3-12H2,1-2H3. The molecule has 0 aromatic carbocycles. The van der Waals surface area contributed by atoms with Gasteiger partial charge in [-0.15, -0.1) is 0 Å². The lowest BCUT2D eigenvalue weighted by atomic mass is 9.94. The molecule has 6 heteroatoms. The Hall–Kier alpha value is -0.170. The Morgan fingerprint density at radius 1 is 1.19 bits per heavy atom. The molecule has 2 atom stereocenters. The molecule has 124 valence electrons. The molecule has 1 saturated carbocycles. The van der Waals surface area contributed by atoms with Crippen molar-refractivity contribution in [2.45, 2.75) is 70.1 Å². The number of nitrogens with zero attached hydrogens (tertiary/aromatic N) is 1. The normalized spacial score (nSPS) is 27.0. The van der Waals surface area contributed by atoms with Crippen LogP contribution in [0.1, 0.15) is 51.9 Å². The minimum absolute atomic E-state index is 0.0413. The quantitative estimate of drug-likeness (QED) is 0.777. The first kappa shape index (κ1) is 17.2. The van der Waals surface area contributed by atoms with Gasteiger partial charge in [0, 0.05) is 25.7 Å². The lowest BCUT2D eigenvalue weighted by molar-refractivity contribution is 0.135. The molecule has 0 amide bonds. The summed E-state index contributed by atoms with van der Waals surface area (Å²) in [4.78, 5) is 2.56. The SMILES string of the molecule is COC(C)CS(=O)(=O)NCC1CCCN1C1CCCCC1. The molecular formula is C15H30N2O3S. The van der Waals surface area contributed by atoms with E-state index in [4.69, 9.17) is 4.74 Å². The highest BCUT2D eigenvalue weighted by molar-refractivity contribution is 7.89. The topological polar surface area (TPSA) is 58.6 Å². The van der Waals surface area contributed by atoms with Crippen molar-refractivity contribution in [2.24, 2.45) is 0 Å². The van der Waals surface area contributed by atoms with Gasteiger partial charge in [-0.2, -0.15) is 0 Å². The molecule has 0 aromatic heterocycles. The third kappa shape index (κ3) is 5.20. The van der Waals surface area contributed by atoms with Gasteiger partial charge in [-0.25, -0.2) is 13.1 Å². The van der Waals surface area contributed by atoms with Crippen molar-refractivity contribution >= 4 is 10.0 Å². The number of hydrogen-bond acceptors (Lipinski definition) is 4. The summed E-state index contributed by atoms with van der Waals surface area (Å²) in [6.45, 7) is 3.46. The number of sulfonamides is 1. The number of rotatable bonds is 7. The molecule has 1 saturated heterocycles. The van der Waals surface area contributed by atoms with Gasteiger partial charge < -0.3 is 4.74 Å². The van der Waals surface area contributed by atoms with E-state index in [0.29, 0.717) is 18.6 Å². The fourth-order valence-electron chi connectivity index (χ4n) is 3.63. The maximum Gasteiger partial charge on any atom is 0.214 e. The van der Waals surface area contributed by atoms with Crippen LogP contribution in [0.25, 0.3) is 0 Å². The maximum atomic E-state index is 12.0. The Balaban J connectivity index is 1.83. The zero-order chi connectivity index (χ0) is 15.3. The molecule has 1 N–H and O–H groups in total. The lowest BCUT2D eigenvalue weighted by Gasteiger charge is -2.35. The summed E-state index contributed by atoms with van der Waals surface area (Å²) in [5, 5.41) is 0. The summed E-state index contributed by atoms with van der Waals surface area (Å²) >= 11 is 0. The summed E-state index contributed by atoms with van der Waals surface area (Å²) in [6.07, 6.45) is 8.61. The second-order valence-electron chi connectivity index (χ2n) is 6.50. The van der Waals surface area contributed by atoms with Crippen LogP contribution in [-0.4, -0.2) is 57.5 Å². The molecule has 21 heavy (non-hydrogen) atoms. The fourth-order valence-corrected chi connectivity index (χ4v) is 4.95. The zero-order valence-corrected chi connectivity index (χ0v) is 14.2. The molecule has 2 unspecified atom stereocenters. The largest absolute Gasteiger partial charge is 0.381 e. The first-order valence-corrected chi connectivity index (χ1v) is 9.93. The summed E-state index contributed by atoms with van der Waals surface area (Å²) in [6, 6.07) is 1.05. The minimum atomic E-state index is -3.24. The van der Waals surface area contributed by atoms with Gasteiger partial charge in [0.1, 0.15) is 0 Å². The Kier molecular flexibility index (Phi) is 6.47. The van der Waals surface area contributed by atoms with Gasteiger partial charge in [0.15, 0.2) is 0 Å². The van der Waals surface area contributed by atoms with Crippen LogP contribution in [0.5, 0.6) is 0 Å². The van der Waals surface area contributed by atoms with E-state index in [1.54, 1.807) is 14.0 Å². The number of ether oxygens (including phenoxy) is 1. The van der Waals surface area contributed by atoms with E-state index in [0.717, 1.165) is 13.0 Å². The number of methoxy groups -OCH3 is 1. The highest BCUT2D eigenvalue weighted by Crippen LogP contribution is 2.28. The molecule has 2 fully saturated rings. The third-order valence-corrected chi connectivity index (χ3v) is 6.38. The average Bonchev–Trinajstić information content (AvgIpc) is 2.94. The van der Waals surface area contributed by atoms with Gasteiger partial charge in [-0.3, -0.25) is 4.90 Å². The summed E-state index contributed by atoms with van der Waals surface area (Å²) in [5.41, 5.74) is 0. The minimum Gasteiger partial charge on any atom is -0.381 e. The van der Waals surface area contributed by atoms with Crippen LogP contribution in [0.2, 0.25) is 0 Å². The number of hydrogen-bond donors (Lipinski definition) is 1. The summed E-state index contributed by atoms with van der Waals surface area (Å²) < 4.78 is 31.9. The van der Waals surface area contributed by atoms with Crippen LogP contribution in [0, 0.1) is 0 Å². The first-order chi connectivity index (χ1) is 10.0. The molecule has 2 rings (SSSR count). The number of likely N-dealkylation sites (tertiary alicyclic amines) is 1. The van der Waals surface area contributed by atoms with Crippen molar-refractivity contribution < 1.29 is 13.2 Å². The molecule has 0 spiro atoms. The van der Waals surface area contributed by atoms with Gasteiger partial charge in [-0.05, 0) is 39.2 Å². The monoisotopic (exact) mass is 318 g/mol. The van der Waals surface area contributed by atoms with Crippen LogP contribution in [0.3, 0.4) is 0 Å². The molecular weight excluding hydrogens is 288 g/mol. The van der Waals surface area contributed by atoms with Crippen molar-refractivity contribution in [3.63, 3.8) is 0 Å². The van der Waals surface area contributed by atoms with E-state index in [1.165, 1.54) is 38.5 Å². The predicted molar refractivity (Wildman–Crippen MR) is 84.9 cm³/mol. The van der Waals surface area contributed by atoms with Crippen molar-refractivity contribution in [3.8, 4) is 0 Å². The molecule has 0 aromatic rings. The van der Waals surface area contributed by atoms with Crippen LogP contribution in [-0.2, 0) is 14.8 Å². The molecule has 2 aliphatic rings. The van der Waals surface area contributed by atoms with Crippen molar-refractivity contribution in [1.82, 2.24) is 9.62 Å². The van der Waals surface area contributed by atoms with Gasteiger partial charge >= 0.3 is 0 Å². The van der Waals surface area contributed by atoms with Gasteiger partial charge in [-0.1, -0.05) is 19.3 Å². The Labute approximate surface area is 129 Å². The summed E-state index contributed by atoms with van der Waals surface area (Å²) in [7, 11) is -1.69. The van der Waals surface area contributed by atoms with Crippen LogP contribution in [0.4, 0.5) is 0 Å². The van der Waals surface area contributed by atoms with E-state index >= 15 is 0 Å². The average molecular weight is 318 g/mol. The molecule has 0 radical (unpaired) electrons. The lowest BCUT2D eigenvalue weighted by Crippen LogP contribution is -2.46. The fraction of sp³-hybridized carbons (Fsp3) is 1.00. The second kappa shape index (κ2) is 7.90. The highest BCUT2D eigenvalue weighted by Gasteiger charge is 2.32. The van der Waals surface area contributed by atoms with Crippen LogP contribution >= 0.6 is 0 Å². The van der Waals surface area contributed by atoms with Crippen molar-refractivity contribution in [1.29, 1.82) is 0 Å². The Morgan fingerprint density at radius 3 is 2.57 bits per heavy atom. The molecule has 0 bridgehead atoms. The Morgan fingerprint density at radius 2 is 1.90 bits per heavy atom. The molecule has 5 nitrogen and oxygen atoms in total. The number of nitrogens with one attached hydrogen (secondary N) is 1. The van der Waals surface area contributed by atoms with Crippen molar-refractivity contribution in [3.05, 3.63) is 0 Å². The molecule has 1 aliphatic carbocycles. The van der Waals surface area contributed by atoms with E-state index in [-0.39, 0.29) is 11.9 Å². The van der Waals surface area contributed by atoms with Gasteiger partial charge in [0.25, 0.3) is 0 Å². The van der Waals surface area contributed by atoms with E-state index in [1.807, 2.05) is 0 Å². The van der Waals surface area contributed by atoms with Gasteiger partial charge in [0.2, 0.25) is 10.0 Å². The maximum absolute atomic E-state index is 12.0. The smallest absolute Gasteiger partial charge is 0.214 e. The highest BCUT2D eigenvalue weighted by atomic mass is 32.2. The first-order valence-electron chi connectivity index (χ1n) is 8.27. The summed E-state index contributed by atoms with van der Waals surface area (Å²) in [5.74, 6) is 0.0413. The predicted octanol–water partition coefficient (Wildman–Crippen LogP) is 1.74. The van der Waals surface area contributed by atoms with Crippen LogP contribution in [0.15, 0.2) is 0 Å². The van der Waals surface area contributed by atoms with Gasteiger partial charge in [0.05, 0.1) is 11.9 Å². The zero-order valence-electron chi connectivity index (χ0n) is 13.4. The van der Waals surface area contributed by atoms with E-state index < -0.39 is 10.0 Å². The Bertz CT molecular complexity index is 407. The van der Waals surface area contributed by atoms with E-state index in [2.05, 4.69) is 9.62 Å². The molecule has 1 heterocycles. The second-order valence-corrected chi connectivity index (χ2v) is 8.35. The van der Waals surface area contributed by atoms with Crippen LogP contribution < -0.4 is 4.72 Å². The third-order valence-electron chi connectivity index (χ3n) is 4.86. The van der Waals surface area contributed by atoms with E-state index in [9.17, 15) is 8.42 Å². The molecule has 1 aliphatic heterocycles. The van der Waals surface area contributed by atoms with Crippen molar-refractivity contribution in [2.75, 3.05) is 26.0 Å².